The zero-order valence-electron chi connectivity index (χ0n) is 12.5. The van der Waals surface area contributed by atoms with Gasteiger partial charge in [-0.15, -0.1) is 0 Å². The second-order valence-corrected chi connectivity index (χ2v) is 5.14. The molecular formula is C16H20N4O2. The van der Waals surface area contributed by atoms with Gasteiger partial charge in [0.1, 0.15) is 18.5 Å². The summed E-state index contributed by atoms with van der Waals surface area (Å²) in [6, 6.07) is 10.9. The lowest BCUT2D eigenvalue weighted by atomic mass is 10.2. The fraction of sp³-hybridized carbons (Fsp3) is 0.375. The number of aliphatic hydroxyl groups excluding tert-OH is 1. The molecule has 2 rings (SSSR count). The Morgan fingerprint density at radius 3 is 2.82 bits per heavy atom. The maximum absolute atomic E-state index is 9.92. The summed E-state index contributed by atoms with van der Waals surface area (Å²) in [5.41, 5.74) is 0.585. The summed E-state index contributed by atoms with van der Waals surface area (Å²) < 4.78 is 7.33. The number of rotatable bonds is 8. The van der Waals surface area contributed by atoms with Gasteiger partial charge in [-0.05, 0) is 37.3 Å². The van der Waals surface area contributed by atoms with Crippen LogP contribution in [0.2, 0.25) is 0 Å². The molecule has 0 saturated carbocycles. The van der Waals surface area contributed by atoms with Crippen LogP contribution in [0, 0.1) is 11.3 Å². The second-order valence-electron chi connectivity index (χ2n) is 5.14. The first kappa shape index (κ1) is 16.0. The maximum Gasteiger partial charge on any atom is 0.119 e. The lowest BCUT2D eigenvalue weighted by Crippen LogP contribution is -2.38. The highest BCUT2D eigenvalue weighted by Gasteiger charge is 2.08. The number of nitrogens with zero attached hydrogens (tertiary/aromatic N) is 3. The topological polar surface area (TPSA) is 83.1 Å². The van der Waals surface area contributed by atoms with Crippen molar-refractivity contribution in [1.29, 1.82) is 5.26 Å². The third kappa shape index (κ3) is 5.20. The van der Waals surface area contributed by atoms with Crippen LogP contribution in [0.5, 0.6) is 5.75 Å². The van der Waals surface area contributed by atoms with E-state index >= 15 is 0 Å². The highest BCUT2D eigenvalue weighted by Crippen LogP contribution is 2.11. The summed E-state index contributed by atoms with van der Waals surface area (Å²) in [6.45, 7) is 3.43. The summed E-state index contributed by atoms with van der Waals surface area (Å²) in [4.78, 5) is 0. The summed E-state index contributed by atoms with van der Waals surface area (Å²) in [6.07, 6.45) is 3.05. The second kappa shape index (κ2) is 8.17. The first-order valence-corrected chi connectivity index (χ1v) is 7.19. The molecule has 1 aromatic carbocycles. The fourth-order valence-electron chi connectivity index (χ4n) is 1.97. The van der Waals surface area contributed by atoms with Crippen LogP contribution in [0.1, 0.15) is 12.5 Å². The molecule has 6 nitrogen and oxygen atoms in total. The van der Waals surface area contributed by atoms with Crippen LogP contribution >= 0.6 is 0 Å². The molecule has 2 atom stereocenters. The van der Waals surface area contributed by atoms with Crippen LogP contribution in [0.25, 0.3) is 0 Å². The molecule has 0 spiro atoms. The van der Waals surface area contributed by atoms with E-state index in [0.717, 1.165) is 6.54 Å². The fourth-order valence-corrected chi connectivity index (χ4v) is 1.97. The van der Waals surface area contributed by atoms with Gasteiger partial charge in [0.25, 0.3) is 0 Å². The van der Waals surface area contributed by atoms with E-state index in [-0.39, 0.29) is 12.6 Å². The van der Waals surface area contributed by atoms with Crippen LogP contribution in [0.4, 0.5) is 0 Å². The molecule has 1 heterocycles. The number of hydrogen-bond acceptors (Lipinski definition) is 5. The van der Waals surface area contributed by atoms with Gasteiger partial charge in [0.2, 0.25) is 0 Å². The molecule has 0 unspecified atom stereocenters. The lowest BCUT2D eigenvalue weighted by Gasteiger charge is -2.17. The smallest absolute Gasteiger partial charge is 0.119 e. The SMILES string of the molecule is C[C@@H](Cn1cccn1)NC[C@@H](O)COc1ccc(C#N)cc1. The summed E-state index contributed by atoms with van der Waals surface area (Å²) in [5.74, 6) is 0.641. The molecule has 0 aliphatic carbocycles. The molecule has 0 aliphatic heterocycles. The summed E-state index contributed by atoms with van der Waals surface area (Å²) >= 11 is 0. The zero-order valence-corrected chi connectivity index (χ0v) is 12.5. The normalized spacial score (nSPS) is 13.3. The number of aliphatic hydroxyl groups is 1. The predicted molar refractivity (Wildman–Crippen MR) is 82.4 cm³/mol. The molecule has 0 aliphatic rings. The Morgan fingerprint density at radius 2 is 2.18 bits per heavy atom. The predicted octanol–water partition coefficient (Wildman–Crippen LogP) is 1.17. The van der Waals surface area contributed by atoms with Crippen molar-refractivity contribution in [1.82, 2.24) is 15.1 Å². The van der Waals surface area contributed by atoms with E-state index in [4.69, 9.17) is 10.00 Å². The minimum atomic E-state index is -0.601. The van der Waals surface area contributed by atoms with Crippen LogP contribution < -0.4 is 10.1 Å². The third-order valence-corrected chi connectivity index (χ3v) is 3.15. The molecule has 2 aromatic rings. The highest BCUT2D eigenvalue weighted by molar-refractivity contribution is 5.34. The Labute approximate surface area is 130 Å². The number of nitriles is 1. The Kier molecular flexibility index (Phi) is 5.95. The van der Waals surface area contributed by atoms with Crippen LogP contribution in [-0.4, -0.2) is 40.2 Å². The molecule has 0 fully saturated rings. The third-order valence-electron chi connectivity index (χ3n) is 3.15. The Morgan fingerprint density at radius 1 is 1.41 bits per heavy atom. The van der Waals surface area contributed by atoms with Crippen molar-refractivity contribution in [3.05, 3.63) is 48.3 Å². The number of hydrogen-bond donors (Lipinski definition) is 2. The van der Waals surface area contributed by atoms with Gasteiger partial charge >= 0.3 is 0 Å². The van der Waals surface area contributed by atoms with E-state index in [9.17, 15) is 5.11 Å². The van der Waals surface area contributed by atoms with Crippen molar-refractivity contribution < 1.29 is 9.84 Å². The Bertz CT molecular complexity index is 590. The van der Waals surface area contributed by atoms with Gasteiger partial charge < -0.3 is 15.2 Å². The molecule has 22 heavy (non-hydrogen) atoms. The summed E-state index contributed by atoms with van der Waals surface area (Å²) in [5, 5.41) is 26.0. The molecule has 0 saturated heterocycles. The number of nitrogens with one attached hydrogen (secondary N) is 1. The van der Waals surface area contributed by atoms with Crippen LogP contribution in [0.15, 0.2) is 42.7 Å². The minimum absolute atomic E-state index is 0.199. The average molecular weight is 300 g/mol. The van der Waals surface area contributed by atoms with Gasteiger partial charge in [-0.25, -0.2) is 0 Å². The molecule has 2 N–H and O–H groups in total. The van der Waals surface area contributed by atoms with Gasteiger partial charge in [-0.1, -0.05) is 0 Å². The van der Waals surface area contributed by atoms with Crippen LogP contribution in [0.3, 0.4) is 0 Å². The number of benzene rings is 1. The van der Waals surface area contributed by atoms with E-state index < -0.39 is 6.10 Å². The van der Waals surface area contributed by atoms with E-state index in [1.54, 1.807) is 30.5 Å². The van der Waals surface area contributed by atoms with Crippen molar-refractivity contribution in [2.24, 2.45) is 0 Å². The van der Waals surface area contributed by atoms with Gasteiger partial charge in [0, 0.05) is 25.0 Å². The molecule has 6 heteroatoms. The van der Waals surface area contributed by atoms with Gasteiger partial charge in [-0.2, -0.15) is 10.4 Å². The van der Waals surface area contributed by atoms with Crippen molar-refractivity contribution in [2.75, 3.05) is 13.2 Å². The number of aromatic nitrogens is 2. The molecule has 116 valence electrons. The van der Waals surface area contributed by atoms with Gasteiger partial charge in [0.15, 0.2) is 0 Å². The lowest BCUT2D eigenvalue weighted by molar-refractivity contribution is 0.103. The van der Waals surface area contributed by atoms with Gasteiger partial charge in [-0.3, -0.25) is 4.68 Å². The molecule has 1 aromatic heterocycles. The first-order chi connectivity index (χ1) is 10.7. The number of ether oxygens (including phenoxy) is 1. The van der Waals surface area contributed by atoms with E-state index in [2.05, 4.69) is 10.4 Å². The molecule has 0 radical (unpaired) electrons. The summed E-state index contributed by atoms with van der Waals surface area (Å²) in [7, 11) is 0. The van der Waals surface area contributed by atoms with E-state index in [1.807, 2.05) is 29.9 Å². The van der Waals surface area contributed by atoms with Crippen molar-refractivity contribution in [2.45, 2.75) is 25.6 Å². The Hall–Kier alpha value is -2.36. The maximum atomic E-state index is 9.92. The zero-order chi connectivity index (χ0) is 15.8. The van der Waals surface area contributed by atoms with E-state index in [1.165, 1.54) is 0 Å². The van der Waals surface area contributed by atoms with Crippen molar-refractivity contribution in [3.63, 3.8) is 0 Å². The van der Waals surface area contributed by atoms with Crippen molar-refractivity contribution in [3.8, 4) is 11.8 Å². The van der Waals surface area contributed by atoms with Crippen LogP contribution in [-0.2, 0) is 6.54 Å². The Balaban J connectivity index is 1.66. The average Bonchev–Trinajstić information content (AvgIpc) is 3.04. The standard InChI is InChI=1S/C16H20N4O2/c1-13(11-20-8-2-7-19-20)18-10-15(21)12-22-16-5-3-14(9-17)4-6-16/h2-8,13,15,18,21H,10-12H2,1H3/t13-,15+/m0/s1. The van der Waals surface area contributed by atoms with Gasteiger partial charge in [0.05, 0.1) is 18.2 Å². The molecule has 0 amide bonds. The quantitative estimate of drug-likeness (QED) is 0.764. The molecule has 0 bridgehead atoms. The minimum Gasteiger partial charge on any atom is -0.491 e. The van der Waals surface area contributed by atoms with E-state index in [0.29, 0.717) is 17.9 Å². The molecular weight excluding hydrogens is 280 g/mol. The largest absolute Gasteiger partial charge is 0.491 e. The monoisotopic (exact) mass is 300 g/mol. The first-order valence-electron chi connectivity index (χ1n) is 7.19. The highest BCUT2D eigenvalue weighted by atomic mass is 16.5. The van der Waals surface area contributed by atoms with Crippen molar-refractivity contribution >= 4 is 0 Å².